The van der Waals surface area contributed by atoms with E-state index in [1.807, 2.05) is 21.0 Å². The highest BCUT2D eigenvalue weighted by atomic mass is 16.5. The van der Waals surface area contributed by atoms with E-state index >= 15 is 0 Å². The number of hydrogen-bond donors (Lipinski definition) is 3. The molecule has 0 aromatic carbocycles. The Morgan fingerprint density at radius 3 is 2.52 bits per heavy atom. The molecular formula is C14H28N6O. The van der Waals surface area contributed by atoms with Crippen LogP contribution in [0.25, 0.3) is 0 Å². The van der Waals surface area contributed by atoms with Crippen molar-refractivity contribution < 1.29 is 4.74 Å². The molecule has 0 atom stereocenters. The Kier molecular flexibility index (Phi) is 7.96. The number of aromatic nitrogens is 2. The second kappa shape index (κ2) is 9.49. The van der Waals surface area contributed by atoms with Crippen LogP contribution in [0.15, 0.2) is 0 Å². The Hall–Kier alpha value is -1.44. The Morgan fingerprint density at radius 1 is 1.19 bits per heavy atom. The summed E-state index contributed by atoms with van der Waals surface area (Å²) in [6.07, 6.45) is 1.84. The first kappa shape index (κ1) is 17.6. The van der Waals surface area contributed by atoms with Crippen LogP contribution in [0.2, 0.25) is 0 Å². The van der Waals surface area contributed by atoms with Gasteiger partial charge in [-0.2, -0.15) is 0 Å². The summed E-state index contributed by atoms with van der Waals surface area (Å²) in [5.74, 6) is 7.80. The van der Waals surface area contributed by atoms with E-state index in [9.17, 15) is 0 Å². The van der Waals surface area contributed by atoms with Crippen molar-refractivity contribution in [3.8, 4) is 0 Å². The van der Waals surface area contributed by atoms with Gasteiger partial charge in [0.1, 0.15) is 17.5 Å². The number of hydrazine groups is 1. The van der Waals surface area contributed by atoms with Crippen LogP contribution in [-0.2, 0) is 11.2 Å². The summed E-state index contributed by atoms with van der Waals surface area (Å²) in [7, 11) is 4.06. The van der Waals surface area contributed by atoms with Gasteiger partial charge in [-0.3, -0.25) is 0 Å². The van der Waals surface area contributed by atoms with Crippen molar-refractivity contribution in [2.24, 2.45) is 5.84 Å². The second-order valence-electron chi connectivity index (χ2n) is 5.20. The van der Waals surface area contributed by atoms with E-state index in [2.05, 4.69) is 32.5 Å². The number of nitrogens with two attached hydrogens (primary N) is 1. The Balaban J connectivity index is 2.51. The van der Waals surface area contributed by atoms with Gasteiger partial charge >= 0.3 is 0 Å². The molecule has 0 spiro atoms. The van der Waals surface area contributed by atoms with Gasteiger partial charge in [-0.05, 0) is 27.4 Å². The molecule has 0 saturated carbocycles. The number of nitrogens with one attached hydrogen (secondary N) is 2. The molecule has 0 radical (unpaired) electrons. The van der Waals surface area contributed by atoms with Crippen LogP contribution in [0.5, 0.6) is 0 Å². The van der Waals surface area contributed by atoms with Crippen LogP contribution in [0.3, 0.4) is 0 Å². The number of likely N-dealkylation sites (N-methyl/N-ethyl adjacent to an activating group) is 1. The largest absolute Gasteiger partial charge is 0.378 e. The first-order chi connectivity index (χ1) is 10.1. The quantitative estimate of drug-likeness (QED) is 0.337. The zero-order chi connectivity index (χ0) is 15.7. The molecule has 7 heteroatoms. The van der Waals surface area contributed by atoms with Gasteiger partial charge in [-0.15, -0.1) is 0 Å². The molecule has 1 aromatic rings. The monoisotopic (exact) mass is 296 g/mol. The maximum atomic E-state index is 5.55. The molecule has 1 rings (SSSR count). The molecule has 0 aliphatic heterocycles. The van der Waals surface area contributed by atoms with E-state index in [0.29, 0.717) is 19.0 Å². The minimum absolute atomic E-state index is 0.645. The minimum Gasteiger partial charge on any atom is -0.378 e. The van der Waals surface area contributed by atoms with E-state index in [-0.39, 0.29) is 0 Å². The van der Waals surface area contributed by atoms with Crippen LogP contribution in [0.4, 0.5) is 11.6 Å². The van der Waals surface area contributed by atoms with Crippen molar-refractivity contribution >= 4 is 11.6 Å². The molecule has 4 N–H and O–H groups in total. The Bertz CT molecular complexity index is 424. The molecular weight excluding hydrogens is 268 g/mol. The van der Waals surface area contributed by atoms with Crippen molar-refractivity contribution in [3.05, 3.63) is 11.4 Å². The third kappa shape index (κ3) is 6.24. The van der Waals surface area contributed by atoms with Crippen LogP contribution < -0.4 is 16.6 Å². The molecule has 0 saturated heterocycles. The fourth-order valence-electron chi connectivity index (χ4n) is 1.80. The smallest absolute Gasteiger partial charge is 0.148 e. The first-order valence-electron chi connectivity index (χ1n) is 7.39. The number of nitrogen functional groups attached to an aromatic ring is 1. The Labute approximate surface area is 127 Å². The number of hydrogen-bond acceptors (Lipinski definition) is 7. The molecule has 0 amide bonds. The number of rotatable bonds is 10. The normalized spacial score (nSPS) is 11.0. The standard InChI is InChI=1S/C14H28N6O/c1-5-6-12-17-13(11(2)14(18-12)19-15)16-7-9-21-10-8-20(3)4/h5-10,15H2,1-4H3,(H2,16,17,18,19). The predicted octanol–water partition coefficient (Wildman–Crippen LogP) is 1.01. The second-order valence-corrected chi connectivity index (χ2v) is 5.20. The van der Waals surface area contributed by atoms with Crippen molar-refractivity contribution in [2.45, 2.75) is 26.7 Å². The highest BCUT2D eigenvalue weighted by Gasteiger charge is 2.09. The average Bonchev–Trinajstić information content (AvgIpc) is 2.45. The van der Waals surface area contributed by atoms with E-state index in [1.165, 1.54) is 0 Å². The van der Waals surface area contributed by atoms with Gasteiger partial charge < -0.3 is 20.4 Å². The van der Waals surface area contributed by atoms with Gasteiger partial charge in [0.25, 0.3) is 0 Å². The van der Waals surface area contributed by atoms with E-state index in [1.54, 1.807) is 0 Å². The number of ether oxygens (including phenoxy) is 1. The molecule has 0 bridgehead atoms. The molecule has 0 aliphatic rings. The summed E-state index contributed by atoms with van der Waals surface area (Å²) < 4.78 is 5.55. The molecule has 1 heterocycles. The van der Waals surface area contributed by atoms with Gasteiger partial charge in [0.05, 0.1) is 13.2 Å². The predicted molar refractivity (Wildman–Crippen MR) is 86.4 cm³/mol. The first-order valence-corrected chi connectivity index (χ1v) is 7.39. The fraction of sp³-hybridized carbons (Fsp3) is 0.714. The maximum absolute atomic E-state index is 5.55. The lowest BCUT2D eigenvalue weighted by Gasteiger charge is -2.14. The summed E-state index contributed by atoms with van der Waals surface area (Å²) in [5, 5.41) is 3.29. The third-order valence-electron chi connectivity index (χ3n) is 3.02. The lowest BCUT2D eigenvalue weighted by Crippen LogP contribution is -2.20. The highest BCUT2D eigenvalue weighted by Crippen LogP contribution is 2.19. The molecule has 7 nitrogen and oxygen atoms in total. The molecule has 0 aliphatic carbocycles. The summed E-state index contributed by atoms with van der Waals surface area (Å²) in [6, 6.07) is 0. The van der Waals surface area contributed by atoms with Gasteiger partial charge in [0.2, 0.25) is 0 Å². The summed E-state index contributed by atoms with van der Waals surface area (Å²) in [6.45, 7) is 7.06. The van der Waals surface area contributed by atoms with E-state index in [0.717, 1.165) is 43.2 Å². The van der Waals surface area contributed by atoms with Gasteiger partial charge in [-0.1, -0.05) is 6.92 Å². The average molecular weight is 296 g/mol. The van der Waals surface area contributed by atoms with Crippen molar-refractivity contribution in [1.29, 1.82) is 0 Å². The zero-order valence-corrected chi connectivity index (χ0v) is 13.6. The van der Waals surface area contributed by atoms with Gasteiger partial charge in [0.15, 0.2) is 0 Å². The number of nitrogens with zero attached hydrogens (tertiary/aromatic N) is 3. The summed E-state index contributed by atoms with van der Waals surface area (Å²) in [5.41, 5.74) is 3.55. The molecule has 21 heavy (non-hydrogen) atoms. The van der Waals surface area contributed by atoms with Crippen LogP contribution in [0.1, 0.15) is 24.7 Å². The lowest BCUT2D eigenvalue weighted by molar-refractivity contribution is 0.126. The minimum atomic E-state index is 0.645. The summed E-state index contributed by atoms with van der Waals surface area (Å²) in [4.78, 5) is 11.0. The Morgan fingerprint density at radius 2 is 1.90 bits per heavy atom. The number of aryl methyl sites for hydroxylation is 1. The van der Waals surface area contributed by atoms with E-state index in [4.69, 9.17) is 10.6 Å². The number of anilines is 2. The highest BCUT2D eigenvalue weighted by molar-refractivity contribution is 5.56. The van der Waals surface area contributed by atoms with Crippen LogP contribution in [-0.4, -0.2) is 55.3 Å². The van der Waals surface area contributed by atoms with Crippen molar-refractivity contribution in [3.63, 3.8) is 0 Å². The topological polar surface area (TPSA) is 88.3 Å². The molecule has 120 valence electrons. The summed E-state index contributed by atoms with van der Waals surface area (Å²) >= 11 is 0. The van der Waals surface area contributed by atoms with Crippen LogP contribution >= 0.6 is 0 Å². The van der Waals surface area contributed by atoms with Gasteiger partial charge in [0, 0.05) is 25.1 Å². The zero-order valence-electron chi connectivity index (χ0n) is 13.6. The van der Waals surface area contributed by atoms with E-state index < -0.39 is 0 Å². The molecule has 0 unspecified atom stereocenters. The lowest BCUT2D eigenvalue weighted by atomic mass is 10.2. The molecule has 0 fully saturated rings. The SMILES string of the molecule is CCCc1nc(NN)c(C)c(NCCOCCN(C)C)n1. The van der Waals surface area contributed by atoms with Crippen molar-refractivity contribution in [2.75, 3.05) is 51.1 Å². The van der Waals surface area contributed by atoms with Crippen LogP contribution in [0, 0.1) is 6.92 Å². The fourth-order valence-corrected chi connectivity index (χ4v) is 1.80. The van der Waals surface area contributed by atoms with Crippen molar-refractivity contribution in [1.82, 2.24) is 14.9 Å². The maximum Gasteiger partial charge on any atom is 0.148 e. The van der Waals surface area contributed by atoms with Gasteiger partial charge in [-0.25, -0.2) is 15.8 Å². The third-order valence-corrected chi connectivity index (χ3v) is 3.02. The molecule has 1 aromatic heterocycles.